The van der Waals surface area contributed by atoms with Crippen molar-refractivity contribution in [2.45, 2.75) is 38.3 Å². The molecular weight excluding hydrogens is 284 g/mol. The molecule has 0 bridgehead atoms. The number of aryl methyl sites for hydroxylation is 1. The van der Waals surface area contributed by atoms with E-state index in [2.05, 4.69) is 53.2 Å². The molecule has 0 saturated carbocycles. The van der Waals surface area contributed by atoms with Gasteiger partial charge in [-0.05, 0) is 63.2 Å². The number of likely N-dealkylation sites (tertiary alicyclic amines) is 1. The van der Waals surface area contributed by atoms with Crippen molar-refractivity contribution in [1.82, 2.24) is 9.80 Å². The second kappa shape index (κ2) is 5.81. The first kappa shape index (κ1) is 15.0. The van der Waals surface area contributed by atoms with E-state index in [1.807, 2.05) is 6.92 Å². The van der Waals surface area contributed by atoms with Crippen LogP contribution < -0.4 is 0 Å². The first-order valence-electron chi connectivity index (χ1n) is 8.69. The lowest BCUT2D eigenvalue weighted by Gasteiger charge is -2.48. The maximum absolute atomic E-state index is 5.75. The van der Waals surface area contributed by atoms with Crippen molar-refractivity contribution in [3.8, 4) is 0 Å². The van der Waals surface area contributed by atoms with Crippen molar-refractivity contribution in [3.05, 3.63) is 59.0 Å². The molecule has 1 aromatic carbocycles. The molecule has 3 heterocycles. The third-order valence-corrected chi connectivity index (χ3v) is 5.59. The lowest BCUT2D eigenvalue weighted by molar-refractivity contribution is 0.102. The Morgan fingerprint density at radius 3 is 2.61 bits per heavy atom. The van der Waals surface area contributed by atoms with Crippen molar-refractivity contribution in [1.29, 1.82) is 0 Å². The van der Waals surface area contributed by atoms with Gasteiger partial charge in [-0.15, -0.1) is 0 Å². The average molecular weight is 310 g/mol. The highest BCUT2D eigenvalue weighted by Gasteiger charge is 2.40. The third kappa shape index (κ3) is 2.84. The smallest absolute Gasteiger partial charge is 0.118 e. The molecule has 1 spiro atoms. The van der Waals surface area contributed by atoms with Crippen molar-refractivity contribution < 1.29 is 4.42 Å². The van der Waals surface area contributed by atoms with Gasteiger partial charge in [0.15, 0.2) is 0 Å². The van der Waals surface area contributed by atoms with Gasteiger partial charge in [0.05, 0.1) is 6.54 Å². The van der Waals surface area contributed by atoms with Crippen LogP contribution in [0, 0.1) is 6.92 Å². The first-order valence-corrected chi connectivity index (χ1v) is 8.69. The van der Waals surface area contributed by atoms with Crippen molar-refractivity contribution in [2.24, 2.45) is 0 Å². The zero-order valence-electron chi connectivity index (χ0n) is 14.2. The van der Waals surface area contributed by atoms with Gasteiger partial charge in [-0.25, -0.2) is 0 Å². The number of hydrogen-bond acceptors (Lipinski definition) is 3. The van der Waals surface area contributed by atoms with Gasteiger partial charge in [-0.2, -0.15) is 0 Å². The molecule has 0 radical (unpaired) electrons. The SMILES string of the molecule is Cc1ccc(CN2CCC3(CC2)CN(C)Cc2ccccc23)o1. The zero-order chi connectivity index (χ0) is 15.9. The Bertz CT molecular complexity index is 682. The first-order chi connectivity index (χ1) is 11.1. The van der Waals surface area contributed by atoms with Crippen LogP contribution in [0.5, 0.6) is 0 Å². The summed E-state index contributed by atoms with van der Waals surface area (Å²) in [6.07, 6.45) is 2.49. The maximum atomic E-state index is 5.75. The summed E-state index contributed by atoms with van der Waals surface area (Å²) in [4.78, 5) is 5.04. The molecule has 2 aromatic rings. The van der Waals surface area contributed by atoms with E-state index >= 15 is 0 Å². The van der Waals surface area contributed by atoms with Gasteiger partial charge in [0.1, 0.15) is 11.5 Å². The fourth-order valence-electron chi connectivity index (χ4n) is 4.48. The Morgan fingerprint density at radius 1 is 1.09 bits per heavy atom. The van der Waals surface area contributed by atoms with Crippen LogP contribution in [0.15, 0.2) is 40.8 Å². The molecule has 1 saturated heterocycles. The number of rotatable bonds is 2. The lowest BCUT2D eigenvalue weighted by Crippen LogP contribution is -2.50. The van der Waals surface area contributed by atoms with Crippen LogP contribution in [0.3, 0.4) is 0 Å². The molecule has 1 fully saturated rings. The molecule has 3 heteroatoms. The summed E-state index contributed by atoms with van der Waals surface area (Å²) < 4.78 is 5.75. The Morgan fingerprint density at radius 2 is 1.87 bits per heavy atom. The van der Waals surface area contributed by atoms with Gasteiger partial charge < -0.3 is 9.32 Å². The number of benzene rings is 1. The highest BCUT2D eigenvalue weighted by Crippen LogP contribution is 2.41. The topological polar surface area (TPSA) is 19.6 Å². The summed E-state index contributed by atoms with van der Waals surface area (Å²) >= 11 is 0. The molecule has 4 rings (SSSR count). The second-order valence-electron chi connectivity index (χ2n) is 7.40. The van der Waals surface area contributed by atoms with Crippen LogP contribution in [-0.2, 0) is 18.5 Å². The Balaban J connectivity index is 1.50. The quantitative estimate of drug-likeness (QED) is 0.845. The molecule has 0 amide bonds. The summed E-state index contributed by atoms with van der Waals surface area (Å²) in [5, 5.41) is 0. The van der Waals surface area contributed by atoms with Gasteiger partial charge in [-0.1, -0.05) is 24.3 Å². The van der Waals surface area contributed by atoms with Crippen LogP contribution >= 0.6 is 0 Å². The number of likely N-dealkylation sites (N-methyl/N-ethyl adjacent to an activating group) is 1. The van der Waals surface area contributed by atoms with Gasteiger partial charge in [-0.3, -0.25) is 4.90 Å². The van der Waals surface area contributed by atoms with Crippen LogP contribution in [0.25, 0.3) is 0 Å². The van der Waals surface area contributed by atoms with Gasteiger partial charge in [0.25, 0.3) is 0 Å². The number of nitrogens with zero attached hydrogens (tertiary/aromatic N) is 2. The number of furan rings is 1. The lowest BCUT2D eigenvalue weighted by atomic mass is 9.69. The van der Waals surface area contributed by atoms with E-state index in [0.717, 1.165) is 37.7 Å². The maximum Gasteiger partial charge on any atom is 0.118 e. The van der Waals surface area contributed by atoms with Crippen LogP contribution in [0.4, 0.5) is 0 Å². The molecule has 2 aliphatic rings. The van der Waals surface area contributed by atoms with E-state index in [4.69, 9.17) is 4.42 Å². The summed E-state index contributed by atoms with van der Waals surface area (Å²) in [6, 6.07) is 13.2. The molecule has 1 aromatic heterocycles. The van der Waals surface area contributed by atoms with Crippen LogP contribution in [0.2, 0.25) is 0 Å². The van der Waals surface area contributed by atoms with E-state index in [1.165, 1.54) is 24.9 Å². The Kier molecular flexibility index (Phi) is 3.78. The average Bonchev–Trinajstić information content (AvgIpc) is 2.95. The van der Waals surface area contributed by atoms with Crippen molar-refractivity contribution >= 4 is 0 Å². The molecule has 0 atom stereocenters. The molecule has 122 valence electrons. The second-order valence-corrected chi connectivity index (χ2v) is 7.40. The van der Waals surface area contributed by atoms with Gasteiger partial charge in [0, 0.05) is 18.5 Å². The number of piperidine rings is 1. The predicted octanol–water partition coefficient (Wildman–Crippen LogP) is 3.57. The normalized spacial score (nSPS) is 21.5. The molecule has 23 heavy (non-hydrogen) atoms. The number of hydrogen-bond donors (Lipinski definition) is 0. The third-order valence-electron chi connectivity index (χ3n) is 5.59. The molecule has 3 nitrogen and oxygen atoms in total. The fourth-order valence-corrected chi connectivity index (χ4v) is 4.48. The van der Waals surface area contributed by atoms with E-state index in [9.17, 15) is 0 Å². The van der Waals surface area contributed by atoms with Gasteiger partial charge in [0.2, 0.25) is 0 Å². The highest BCUT2D eigenvalue weighted by atomic mass is 16.3. The minimum absolute atomic E-state index is 0.346. The van der Waals surface area contributed by atoms with Crippen LogP contribution in [0.1, 0.15) is 35.5 Å². The largest absolute Gasteiger partial charge is 0.465 e. The summed E-state index contributed by atoms with van der Waals surface area (Å²) in [7, 11) is 2.26. The van der Waals surface area contributed by atoms with Crippen molar-refractivity contribution in [3.63, 3.8) is 0 Å². The Hall–Kier alpha value is -1.58. The minimum Gasteiger partial charge on any atom is -0.465 e. The molecule has 0 aliphatic carbocycles. The number of fused-ring (bicyclic) bond motifs is 2. The van der Waals surface area contributed by atoms with E-state index in [1.54, 1.807) is 5.56 Å². The zero-order valence-corrected chi connectivity index (χ0v) is 14.2. The minimum atomic E-state index is 0.346. The van der Waals surface area contributed by atoms with Crippen molar-refractivity contribution in [2.75, 3.05) is 26.7 Å². The summed E-state index contributed by atoms with van der Waals surface area (Å²) in [6.45, 7) is 7.56. The van der Waals surface area contributed by atoms with E-state index < -0.39 is 0 Å². The van der Waals surface area contributed by atoms with Gasteiger partial charge >= 0.3 is 0 Å². The standard InChI is InChI=1S/C20H26N2O/c1-16-7-8-18(23-16)14-22-11-9-20(10-12-22)15-21(2)13-17-5-3-4-6-19(17)20/h3-8H,9-15H2,1-2H3. The molecular formula is C20H26N2O. The van der Waals surface area contributed by atoms with E-state index in [0.29, 0.717) is 5.41 Å². The highest BCUT2D eigenvalue weighted by molar-refractivity contribution is 5.37. The summed E-state index contributed by atoms with van der Waals surface area (Å²) in [5.41, 5.74) is 3.47. The fraction of sp³-hybridized carbons (Fsp3) is 0.500. The Labute approximate surface area is 138 Å². The monoisotopic (exact) mass is 310 g/mol. The summed E-state index contributed by atoms with van der Waals surface area (Å²) in [5.74, 6) is 2.11. The molecule has 0 N–H and O–H groups in total. The predicted molar refractivity (Wildman–Crippen MR) is 92.4 cm³/mol. The van der Waals surface area contributed by atoms with E-state index in [-0.39, 0.29) is 0 Å². The van der Waals surface area contributed by atoms with Crippen LogP contribution in [-0.4, -0.2) is 36.5 Å². The molecule has 2 aliphatic heterocycles. The molecule has 0 unspecified atom stereocenters.